The highest BCUT2D eigenvalue weighted by Gasteiger charge is 2.29. The van der Waals surface area contributed by atoms with Gasteiger partial charge in [0.2, 0.25) is 5.88 Å². The van der Waals surface area contributed by atoms with Gasteiger partial charge in [-0.05, 0) is 25.7 Å². The topological polar surface area (TPSA) is 79.6 Å². The second-order valence-corrected chi connectivity index (χ2v) is 7.65. The molecule has 0 unspecified atom stereocenters. The SMILES string of the molecule is c1nc(N[C@@H]2CCCN(c3cc(C4CC4)no3)C2)cc(N2CCOCC2)n1. The fourth-order valence-corrected chi connectivity index (χ4v) is 3.89. The molecule has 2 aromatic rings. The molecule has 2 aliphatic heterocycles. The van der Waals surface area contributed by atoms with Gasteiger partial charge in [0.05, 0.1) is 18.9 Å². The average molecular weight is 370 g/mol. The molecule has 5 rings (SSSR count). The summed E-state index contributed by atoms with van der Waals surface area (Å²) >= 11 is 0. The van der Waals surface area contributed by atoms with E-state index in [-0.39, 0.29) is 0 Å². The van der Waals surface area contributed by atoms with Crippen molar-refractivity contribution in [2.45, 2.75) is 37.6 Å². The molecule has 1 N–H and O–H groups in total. The minimum Gasteiger partial charge on any atom is -0.378 e. The zero-order chi connectivity index (χ0) is 18.1. The summed E-state index contributed by atoms with van der Waals surface area (Å²) in [5, 5.41) is 7.84. The van der Waals surface area contributed by atoms with Crippen LogP contribution in [0.15, 0.2) is 23.0 Å². The Bertz CT molecular complexity index is 771. The van der Waals surface area contributed by atoms with E-state index in [4.69, 9.17) is 9.26 Å². The van der Waals surface area contributed by atoms with Crippen molar-refractivity contribution in [3.05, 3.63) is 24.2 Å². The van der Waals surface area contributed by atoms with Gasteiger partial charge in [-0.3, -0.25) is 0 Å². The Morgan fingerprint density at radius 3 is 2.74 bits per heavy atom. The third-order valence-electron chi connectivity index (χ3n) is 5.58. The van der Waals surface area contributed by atoms with Gasteiger partial charge in [-0.2, -0.15) is 0 Å². The molecule has 0 radical (unpaired) electrons. The van der Waals surface area contributed by atoms with Crippen molar-refractivity contribution in [3.8, 4) is 0 Å². The van der Waals surface area contributed by atoms with E-state index in [2.05, 4.69) is 36.3 Å². The monoisotopic (exact) mass is 370 g/mol. The lowest BCUT2D eigenvalue weighted by Crippen LogP contribution is -2.42. The first-order chi connectivity index (χ1) is 13.3. The van der Waals surface area contributed by atoms with E-state index in [1.165, 1.54) is 12.8 Å². The van der Waals surface area contributed by atoms with Gasteiger partial charge in [0.15, 0.2) is 0 Å². The van der Waals surface area contributed by atoms with Crippen molar-refractivity contribution >= 4 is 17.5 Å². The molecule has 2 aromatic heterocycles. The van der Waals surface area contributed by atoms with Crippen LogP contribution < -0.4 is 15.1 Å². The Kier molecular flexibility index (Phi) is 4.57. The highest BCUT2D eigenvalue weighted by molar-refractivity contribution is 5.49. The maximum Gasteiger partial charge on any atom is 0.227 e. The highest BCUT2D eigenvalue weighted by atomic mass is 16.5. The smallest absolute Gasteiger partial charge is 0.227 e. The summed E-state index contributed by atoms with van der Waals surface area (Å²) in [6.45, 7) is 5.18. The van der Waals surface area contributed by atoms with Crippen molar-refractivity contribution in [1.29, 1.82) is 0 Å². The van der Waals surface area contributed by atoms with Crippen LogP contribution in [0.3, 0.4) is 0 Å². The van der Waals surface area contributed by atoms with Gasteiger partial charge >= 0.3 is 0 Å². The maximum absolute atomic E-state index is 5.61. The molecule has 1 atom stereocenters. The number of hydrogen-bond acceptors (Lipinski definition) is 8. The van der Waals surface area contributed by atoms with E-state index in [1.807, 2.05) is 6.07 Å². The molecule has 3 fully saturated rings. The molecule has 3 aliphatic rings. The molecule has 8 heteroatoms. The summed E-state index contributed by atoms with van der Waals surface area (Å²) in [5.74, 6) is 3.38. The average Bonchev–Trinajstić information content (AvgIpc) is 3.46. The minimum atomic E-state index is 0.334. The molecule has 0 aromatic carbocycles. The van der Waals surface area contributed by atoms with Crippen LogP contribution in [0, 0.1) is 0 Å². The molecule has 4 heterocycles. The Hall–Kier alpha value is -2.35. The van der Waals surface area contributed by atoms with Crippen molar-refractivity contribution < 1.29 is 9.26 Å². The van der Waals surface area contributed by atoms with E-state index < -0.39 is 0 Å². The number of hydrogen-bond donors (Lipinski definition) is 1. The van der Waals surface area contributed by atoms with Crippen LogP contribution >= 0.6 is 0 Å². The zero-order valence-corrected chi connectivity index (χ0v) is 15.5. The van der Waals surface area contributed by atoms with Crippen LogP contribution in [0.4, 0.5) is 17.5 Å². The Labute approximate surface area is 158 Å². The first-order valence-corrected chi connectivity index (χ1v) is 9.98. The molecule has 8 nitrogen and oxygen atoms in total. The first-order valence-electron chi connectivity index (χ1n) is 9.98. The lowest BCUT2D eigenvalue weighted by Gasteiger charge is -2.33. The fourth-order valence-electron chi connectivity index (χ4n) is 3.89. The number of rotatable bonds is 5. The van der Waals surface area contributed by atoms with E-state index in [0.717, 1.165) is 75.4 Å². The molecular formula is C19H26N6O2. The van der Waals surface area contributed by atoms with Crippen molar-refractivity contribution in [3.63, 3.8) is 0 Å². The third kappa shape index (κ3) is 3.85. The first kappa shape index (κ1) is 16.8. The fraction of sp³-hybridized carbons (Fsp3) is 0.632. The van der Waals surface area contributed by atoms with Crippen LogP contribution in [0.25, 0.3) is 0 Å². The Morgan fingerprint density at radius 2 is 1.89 bits per heavy atom. The molecule has 27 heavy (non-hydrogen) atoms. The molecule has 1 saturated carbocycles. The molecular weight excluding hydrogens is 344 g/mol. The highest BCUT2D eigenvalue weighted by Crippen LogP contribution is 2.40. The van der Waals surface area contributed by atoms with Crippen LogP contribution in [0.1, 0.15) is 37.3 Å². The van der Waals surface area contributed by atoms with E-state index >= 15 is 0 Å². The predicted molar refractivity (Wildman–Crippen MR) is 102 cm³/mol. The largest absolute Gasteiger partial charge is 0.378 e. The summed E-state index contributed by atoms with van der Waals surface area (Å²) in [6, 6.07) is 4.51. The van der Waals surface area contributed by atoms with E-state index in [9.17, 15) is 0 Å². The zero-order valence-electron chi connectivity index (χ0n) is 15.5. The van der Waals surface area contributed by atoms with Gasteiger partial charge in [-0.25, -0.2) is 9.97 Å². The van der Waals surface area contributed by atoms with Gasteiger partial charge in [0.25, 0.3) is 0 Å². The van der Waals surface area contributed by atoms with Crippen LogP contribution in [-0.4, -0.2) is 60.6 Å². The third-order valence-corrected chi connectivity index (χ3v) is 5.58. The summed E-state index contributed by atoms with van der Waals surface area (Å²) in [6.07, 6.45) is 6.38. The number of nitrogens with zero attached hydrogens (tertiary/aromatic N) is 5. The molecule has 0 bridgehead atoms. The summed E-state index contributed by atoms with van der Waals surface area (Å²) in [7, 11) is 0. The van der Waals surface area contributed by atoms with Gasteiger partial charge in [0.1, 0.15) is 18.0 Å². The van der Waals surface area contributed by atoms with Crippen molar-refractivity contribution in [2.24, 2.45) is 0 Å². The second-order valence-electron chi connectivity index (χ2n) is 7.65. The van der Waals surface area contributed by atoms with Crippen molar-refractivity contribution in [1.82, 2.24) is 15.1 Å². The van der Waals surface area contributed by atoms with E-state index in [1.54, 1.807) is 6.33 Å². The van der Waals surface area contributed by atoms with Gasteiger partial charge in [0, 0.05) is 50.3 Å². The van der Waals surface area contributed by atoms with Crippen LogP contribution in [0.2, 0.25) is 0 Å². The minimum absolute atomic E-state index is 0.334. The maximum atomic E-state index is 5.61. The van der Waals surface area contributed by atoms with Crippen LogP contribution in [-0.2, 0) is 4.74 Å². The lowest BCUT2D eigenvalue weighted by atomic mass is 10.1. The van der Waals surface area contributed by atoms with Gasteiger partial charge in [-0.15, -0.1) is 0 Å². The summed E-state index contributed by atoms with van der Waals surface area (Å²) in [5.41, 5.74) is 1.12. The van der Waals surface area contributed by atoms with Gasteiger partial charge in [-0.1, -0.05) is 5.16 Å². The Morgan fingerprint density at radius 1 is 1.00 bits per heavy atom. The normalized spacial score (nSPS) is 23.5. The Balaban J connectivity index is 1.23. The quantitative estimate of drug-likeness (QED) is 0.859. The lowest BCUT2D eigenvalue weighted by molar-refractivity contribution is 0.122. The molecule has 1 aliphatic carbocycles. The molecule has 0 spiro atoms. The van der Waals surface area contributed by atoms with Crippen LogP contribution in [0.5, 0.6) is 0 Å². The number of anilines is 3. The number of piperidine rings is 1. The summed E-state index contributed by atoms with van der Waals surface area (Å²) < 4.78 is 11.0. The number of nitrogens with one attached hydrogen (secondary N) is 1. The second kappa shape index (κ2) is 7.34. The molecule has 144 valence electrons. The van der Waals surface area contributed by atoms with E-state index in [0.29, 0.717) is 12.0 Å². The standard InChI is InChI=1S/C19H26N6O2/c1-2-15(12-25(5-1)19-10-16(23-27-19)14-3-4-14)22-17-11-18(21-13-20-17)24-6-8-26-9-7-24/h10-11,13-15H,1-9,12H2,(H,20,21,22)/t15-/m1/s1. The molecule has 0 amide bonds. The summed E-state index contributed by atoms with van der Waals surface area (Å²) in [4.78, 5) is 13.4. The van der Waals surface area contributed by atoms with Crippen molar-refractivity contribution in [2.75, 3.05) is 54.5 Å². The molecule has 2 saturated heterocycles. The number of aromatic nitrogens is 3. The predicted octanol–water partition coefficient (Wildman–Crippen LogP) is 2.26. The number of ether oxygens (including phenoxy) is 1. The number of morpholine rings is 1. The van der Waals surface area contributed by atoms with Gasteiger partial charge < -0.3 is 24.4 Å².